The summed E-state index contributed by atoms with van der Waals surface area (Å²) in [5.41, 5.74) is 8.10. The van der Waals surface area contributed by atoms with Crippen molar-refractivity contribution in [3.05, 3.63) is 52.0 Å². The third-order valence-electron chi connectivity index (χ3n) is 2.69. The van der Waals surface area contributed by atoms with Gasteiger partial charge >= 0.3 is 0 Å². The van der Waals surface area contributed by atoms with E-state index in [-0.39, 0.29) is 11.7 Å². The first-order chi connectivity index (χ1) is 8.97. The Hall–Kier alpha value is -2.01. The molecule has 98 valence electrons. The monoisotopic (exact) mass is 320 g/mol. The van der Waals surface area contributed by atoms with E-state index in [2.05, 4.69) is 21.2 Å². The van der Waals surface area contributed by atoms with Crippen molar-refractivity contribution in [1.82, 2.24) is 0 Å². The number of nitrogens with one attached hydrogen (secondary N) is 1. The number of nitrogens with two attached hydrogens (primary N) is 1. The van der Waals surface area contributed by atoms with Gasteiger partial charge in [-0.3, -0.25) is 4.79 Å². The first kappa shape index (κ1) is 13.4. The van der Waals surface area contributed by atoms with E-state index >= 15 is 0 Å². The van der Waals surface area contributed by atoms with Crippen molar-refractivity contribution in [3.8, 4) is 5.75 Å². The van der Waals surface area contributed by atoms with Crippen LogP contribution in [0.15, 0.2) is 40.9 Å². The lowest BCUT2D eigenvalue weighted by Gasteiger charge is -2.10. The molecule has 2 rings (SSSR count). The first-order valence-corrected chi connectivity index (χ1v) is 6.42. The maximum Gasteiger partial charge on any atom is 0.256 e. The minimum absolute atomic E-state index is 0.167. The van der Waals surface area contributed by atoms with Crippen LogP contribution in [0.1, 0.15) is 15.9 Å². The molecule has 0 heterocycles. The first-order valence-electron chi connectivity index (χ1n) is 5.63. The van der Waals surface area contributed by atoms with Crippen LogP contribution in [0.3, 0.4) is 0 Å². The van der Waals surface area contributed by atoms with Gasteiger partial charge in [-0.2, -0.15) is 0 Å². The number of nitrogen functional groups attached to an aromatic ring is 1. The van der Waals surface area contributed by atoms with Gasteiger partial charge in [-0.15, -0.1) is 0 Å². The summed E-state index contributed by atoms with van der Waals surface area (Å²) in [5.74, 6) is -0.0893. The van der Waals surface area contributed by atoms with Crippen molar-refractivity contribution in [2.45, 2.75) is 6.92 Å². The summed E-state index contributed by atoms with van der Waals surface area (Å²) in [5, 5.41) is 12.1. The molecule has 0 unspecified atom stereocenters. The van der Waals surface area contributed by atoms with Crippen molar-refractivity contribution in [1.29, 1.82) is 0 Å². The number of halogens is 1. The fourth-order valence-corrected chi connectivity index (χ4v) is 2.12. The number of phenols is 1. The SMILES string of the molecule is Cc1cc(O)ccc1NC(=O)c1cc(N)ccc1Br. The third kappa shape index (κ3) is 3.06. The lowest BCUT2D eigenvalue weighted by molar-refractivity contribution is 0.102. The second kappa shape index (κ2) is 5.32. The van der Waals surface area contributed by atoms with E-state index in [0.29, 0.717) is 21.4 Å². The summed E-state index contributed by atoms with van der Waals surface area (Å²) in [6.45, 7) is 1.81. The van der Waals surface area contributed by atoms with Gasteiger partial charge in [0, 0.05) is 15.8 Å². The average molecular weight is 321 g/mol. The van der Waals surface area contributed by atoms with Gasteiger partial charge in [0.25, 0.3) is 5.91 Å². The molecule has 4 nitrogen and oxygen atoms in total. The molecule has 5 heteroatoms. The number of benzene rings is 2. The zero-order chi connectivity index (χ0) is 14.0. The Morgan fingerprint density at radius 3 is 2.68 bits per heavy atom. The topological polar surface area (TPSA) is 75.3 Å². The van der Waals surface area contributed by atoms with Crippen LogP contribution in [0.4, 0.5) is 11.4 Å². The summed E-state index contributed by atoms with van der Waals surface area (Å²) < 4.78 is 0.677. The standard InChI is InChI=1S/C14H13BrN2O2/c1-8-6-10(18)3-5-13(8)17-14(19)11-7-9(16)2-4-12(11)15/h2-7,18H,16H2,1H3,(H,17,19). The van der Waals surface area contributed by atoms with Crippen molar-refractivity contribution < 1.29 is 9.90 Å². The Bertz CT molecular complexity index is 641. The third-order valence-corrected chi connectivity index (χ3v) is 3.38. The zero-order valence-corrected chi connectivity index (χ0v) is 11.9. The Labute approximate surface area is 119 Å². The molecule has 0 spiro atoms. The smallest absolute Gasteiger partial charge is 0.256 e. The second-order valence-corrected chi connectivity index (χ2v) is 5.05. The molecule has 1 amide bonds. The van der Waals surface area contributed by atoms with Gasteiger partial charge in [0.05, 0.1) is 5.56 Å². The van der Waals surface area contributed by atoms with Crippen LogP contribution >= 0.6 is 15.9 Å². The predicted molar refractivity (Wildman–Crippen MR) is 79.4 cm³/mol. The predicted octanol–water partition coefficient (Wildman–Crippen LogP) is 3.30. The normalized spacial score (nSPS) is 10.2. The molecule has 0 aliphatic rings. The molecular weight excluding hydrogens is 308 g/mol. The molecule has 0 saturated heterocycles. The van der Waals surface area contributed by atoms with Gasteiger partial charge in [-0.1, -0.05) is 0 Å². The van der Waals surface area contributed by atoms with E-state index in [1.807, 2.05) is 6.92 Å². The maximum atomic E-state index is 12.2. The van der Waals surface area contributed by atoms with Gasteiger partial charge in [-0.25, -0.2) is 0 Å². The Balaban J connectivity index is 2.28. The minimum Gasteiger partial charge on any atom is -0.508 e. The molecule has 0 saturated carbocycles. The number of carbonyl (C=O) groups excluding carboxylic acids is 1. The fourth-order valence-electron chi connectivity index (χ4n) is 1.69. The Morgan fingerprint density at radius 2 is 2.00 bits per heavy atom. The van der Waals surface area contributed by atoms with E-state index in [1.54, 1.807) is 30.3 Å². The second-order valence-electron chi connectivity index (χ2n) is 4.19. The van der Waals surface area contributed by atoms with E-state index in [1.165, 1.54) is 6.07 Å². The van der Waals surface area contributed by atoms with Crippen LogP contribution in [-0.4, -0.2) is 11.0 Å². The molecule has 0 radical (unpaired) electrons. The number of phenolic OH excluding ortho intramolecular Hbond substituents is 1. The Morgan fingerprint density at radius 1 is 1.26 bits per heavy atom. The number of amides is 1. The van der Waals surface area contributed by atoms with Gasteiger partial charge in [0.1, 0.15) is 5.75 Å². The average Bonchev–Trinajstić information content (AvgIpc) is 2.35. The molecule has 0 atom stereocenters. The number of rotatable bonds is 2. The van der Waals surface area contributed by atoms with Gasteiger partial charge in [-0.05, 0) is 64.8 Å². The highest BCUT2D eigenvalue weighted by molar-refractivity contribution is 9.10. The molecule has 2 aromatic rings. The largest absolute Gasteiger partial charge is 0.508 e. The van der Waals surface area contributed by atoms with E-state index < -0.39 is 0 Å². The number of aryl methyl sites for hydroxylation is 1. The van der Waals surface area contributed by atoms with Crippen LogP contribution in [0, 0.1) is 6.92 Å². The van der Waals surface area contributed by atoms with Crippen molar-refractivity contribution in [3.63, 3.8) is 0 Å². The molecule has 0 fully saturated rings. The zero-order valence-electron chi connectivity index (χ0n) is 10.3. The lowest BCUT2D eigenvalue weighted by Crippen LogP contribution is -2.13. The van der Waals surface area contributed by atoms with Crippen LogP contribution in [-0.2, 0) is 0 Å². The number of carbonyl (C=O) groups is 1. The lowest BCUT2D eigenvalue weighted by atomic mass is 10.1. The van der Waals surface area contributed by atoms with E-state index in [9.17, 15) is 9.90 Å². The van der Waals surface area contributed by atoms with Gasteiger partial charge in [0.15, 0.2) is 0 Å². The van der Waals surface area contributed by atoms with Crippen LogP contribution in [0.5, 0.6) is 5.75 Å². The highest BCUT2D eigenvalue weighted by atomic mass is 79.9. The number of aromatic hydroxyl groups is 1. The van der Waals surface area contributed by atoms with E-state index in [0.717, 1.165) is 5.56 Å². The highest BCUT2D eigenvalue weighted by Gasteiger charge is 2.12. The summed E-state index contributed by atoms with van der Waals surface area (Å²) >= 11 is 3.32. The van der Waals surface area contributed by atoms with E-state index in [4.69, 9.17) is 5.73 Å². The number of hydrogen-bond donors (Lipinski definition) is 3. The molecule has 0 aliphatic heterocycles. The Kier molecular flexibility index (Phi) is 3.76. The molecule has 0 aliphatic carbocycles. The van der Waals surface area contributed by atoms with Crippen molar-refractivity contribution in [2.75, 3.05) is 11.1 Å². The molecule has 0 bridgehead atoms. The molecule has 2 aromatic carbocycles. The van der Waals surface area contributed by atoms with Crippen LogP contribution < -0.4 is 11.1 Å². The highest BCUT2D eigenvalue weighted by Crippen LogP contribution is 2.24. The summed E-state index contributed by atoms with van der Waals surface area (Å²) in [6, 6.07) is 9.82. The number of hydrogen-bond acceptors (Lipinski definition) is 3. The molecule has 4 N–H and O–H groups in total. The number of anilines is 2. The maximum absolute atomic E-state index is 12.2. The van der Waals surface area contributed by atoms with Gasteiger partial charge < -0.3 is 16.2 Å². The summed E-state index contributed by atoms with van der Waals surface area (Å²) in [7, 11) is 0. The quantitative estimate of drug-likeness (QED) is 0.587. The minimum atomic E-state index is -0.257. The summed E-state index contributed by atoms with van der Waals surface area (Å²) in [4.78, 5) is 12.2. The summed E-state index contributed by atoms with van der Waals surface area (Å²) in [6.07, 6.45) is 0. The van der Waals surface area contributed by atoms with Crippen LogP contribution in [0.25, 0.3) is 0 Å². The van der Waals surface area contributed by atoms with Gasteiger partial charge in [0.2, 0.25) is 0 Å². The molecule has 0 aromatic heterocycles. The van der Waals surface area contributed by atoms with Crippen LogP contribution in [0.2, 0.25) is 0 Å². The van der Waals surface area contributed by atoms with Crippen molar-refractivity contribution in [2.24, 2.45) is 0 Å². The molecule has 19 heavy (non-hydrogen) atoms. The fraction of sp³-hybridized carbons (Fsp3) is 0.0714. The molecular formula is C14H13BrN2O2. The van der Waals surface area contributed by atoms with Crippen molar-refractivity contribution >= 4 is 33.2 Å².